The molecule has 0 radical (unpaired) electrons. The molecule has 0 heterocycles. The van der Waals surface area contributed by atoms with Gasteiger partial charge in [-0.3, -0.25) is 4.79 Å². The van der Waals surface area contributed by atoms with Crippen molar-refractivity contribution in [2.75, 3.05) is 19.7 Å². The van der Waals surface area contributed by atoms with Gasteiger partial charge in [-0.25, -0.2) is 4.39 Å². The molecule has 1 rings (SSSR count). The number of amides is 1. The van der Waals surface area contributed by atoms with E-state index in [0.717, 1.165) is 6.42 Å². The molecule has 118 valence electrons. The van der Waals surface area contributed by atoms with E-state index in [1.54, 1.807) is 6.92 Å². The summed E-state index contributed by atoms with van der Waals surface area (Å²) in [5, 5.41) is 15.5. The maximum atomic E-state index is 12.7. The Morgan fingerprint density at radius 1 is 1.38 bits per heavy atom. The lowest BCUT2D eigenvalue weighted by Crippen LogP contribution is -2.45. The summed E-state index contributed by atoms with van der Waals surface area (Å²) in [7, 11) is 0. The molecule has 6 heteroatoms. The fraction of sp³-hybridized carbons (Fsp3) is 0.533. The summed E-state index contributed by atoms with van der Waals surface area (Å²) in [5.41, 5.74) is 0. The Labute approximate surface area is 124 Å². The topological polar surface area (TPSA) is 70.6 Å². The highest BCUT2D eigenvalue weighted by molar-refractivity contribution is 5.81. The average molecular weight is 298 g/mol. The minimum absolute atomic E-state index is 0.0714. The van der Waals surface area contributed by atoms with Gasteiger partial charge in [0.1, 0.15) is 24.3 Å². The van der Waals surface area contributed by atoms with E-state index >= 15 is 0 Å². The second kappa shape index (κ2) is 9.31. The van der Waals surface area contributed by atoms with Crippen LogP contribution in [0.4, 0.5) is 4.39 Å². The van der Waals surface area contributed by atoms with Crippen molar-refractivity contribution in [3.8, 4) is 5.75 Å². The van der Waals surface area contributed by atoms with Crippen molar-refractivity contribution in [2.45, 2.75) is 32.4 Å². The largest absolute Gasteiger partial charge is 0.491 e. The maximum Gasteiger partial charge on any atom is 0.236 e. The third kappa shape index (κ3) is 7.06. The number of aliphatic hydroxyl groups is 1. The van der Waals surface area contributed by atoms with Gasteiger partial charge in [-0.15, -0.1) is 0 Å². The highest BCUT2D eigenvalue weighted by atomic mass is 19.1. The van der Waals surface area contributed by atoms with Crippen molar-refractivity contribution in [1.82, 2.24) is 10.6 Å². The Hall–Kier alpha value is -1.66. The first-order chi connectivity index (χ1) is 10.0. The van der Waals surface area contributed by atoms with Gasteiger partial charge in [0.05, 0.1) is 6.04 Å². The molecule has 1 aromatic rings. The lowest BCUT2D eigenvalue weighted by molar-refractivity contribution is -0.122. The van der Waals surface area contributed by atoms with Crippen LogP contribution in [0.25, 0.3) is 0 Å². The predicted octanol–water partition coefficient (Wildman–Crippen LogP) is 1.07. The van der Waals surface area contributed by atoms with E-state index in [1.807, 2.05) is 6.92 Å². The van der Waals surface area contributed by atoms with E-state index in [2.05, 4.69) is 10.6 Å². The van der Waals surface area contributed by atoms with Crippen molar-refractivity contribution in [3.63, 3.8) is 0 Å². The number of aliphatic hydroxyl groups excluding tert-OH is 1. The van der Waals surface area contributed by atoms with Gasteiger partial charge in [0, 0.05) is 13.1 Å². The van der Waals surface area contributed by atoms with Gasteiger partial charge in [-0.2, -0.15) is 0 Å². The molecule has 0 fully saturated rings. The fourth-order valence-corrected chi connectivity index (χ4v) is 1.59. The first kappa shape index (κ1) is 17.4. The summed E-state index contributed by atoms with van der Waals surface area (Å²) in [6.45, 7) is 4.67. The lowest BCUT2D eigenvalue weighted by Gasteiger charge is -2.17. The molecule has 0 aliphatic heterocycles. The van der Waals surface area contributed by atoms with Crippen LogP contribution >= 0.6 is 0 Å². The normalized spacial score (nSPS) is 13.5. The molecule has 3 N–H and O–H groups in total. The quantitative estimate of drug-likeness (QED) is 0.638. The monoisotopic (exact) mass is 298 g/mol. The lowest BCUT2D eigenvalue weighted by atomic mass is 10.2. The summed E-state index contributed by atoms with van der Waals surface area (Å²) in [4.78, 5) is 11.6. The second-order valence-electron chi connectivity index (χ2n) is 4.84. The predicted molar refractivity (Wildman–Crippen MR) is 78.7 cm³/mol. The SMILES string of the molecule is CCCNC(=O)C(C)NCC(O)COc1ccc(F)cc1. The van der Waals surface area contributed by atoms with Crippen LogP contribution in [-0.2, 0) is 4.79 Å². The molecule has 0 saturated carbocycles. The number of halogens is 1. The number of carbonyl (C=O) groups is 1. The molecule has 0 saturated heterocycles. The van der Waals surface area contributed by atoms with Gasteiger partial charge >= 0.3 is 0 Å². The Balaban J connectivity index is 2.22. The van der Waals surface area contributed by atoms with Gasteiger partial charge in [0.2, 0.25) is 5.91 Å². The molecular formula is C15H23FN2O3. The third-order valence-corrected chi connectivity index (χ3v) is 2.86. The Bertz CT molecular complexity index is 425. The summed E-state index contributed by atoms with van der Waals surface area (Å²) < 4.78 is 18.0. The molecule has 5 nitrogen and oxygen atoms in total. The van der Waals surface area contributed by atoms with Crippen LogP contribution in [0.2, 0.25) is 0 Å². The maximum absolute atomic E-state index is 12.7. The number of carbonyl (C=O) groups excluding carboxylic acids is 1. The molecule has 0 aliphatic rings. The molecule has 2 unspecified atom stereocenters. The summed E-state index contributed by atoms with van der Waals surface area (Å²) in [6.07, 6.45) is 0.128. The van der Waals surface area contributed by atoms with Crippen molar-refractivity contribution >= 4 is 5.91 Å². The molecule has 21 heavy (non-hydrogen) atoms. The minimum Gasteiger partial charge on any atom is -0.491 e. The van der Waals surface area contributed by atoms with Crippen molar-refractivity contribution < 1.29 is 19.0 Å². The van der Waals surface area contributed by atoms with E-state index in [0.29, 0.717) is 12.3 Å². The standard InChI is InChI=1S/C15H23FN2O3/c1-3-8-17-15(20)11(2)18-9-13(19)10-21-14-6-4-12(16)5-7-14/h4-7,11,13,18-19H,3,8-10H2,1-2H3,(H,17,20). The van der Waals surface area contributed by atoms with Crippen LogP contribution in [0.1, 0.15) is 20.3 Å². The number of hydrogen-bond acceptors (Lipinski definition) is 4. The Kier molecular flexibility index (Phi) is 7.71. The van der Waals surface area contributed by atoms with Gasteiger partial charge in [0.15, 0.2) is 0 Å². The number of benzene rings is 1. The molecule has 0 aliphatic carbocycles. The minimum atomic E-state index is -0.753. The van der Waals surface area contributed by atoms with Crippen molar-refractivity contribution in [1.29, 1.82) is 0 Å². The second-order valence-corrected chi connectivity index (χ2v) is 4.84. The van der Waals surface area contributed by atoms with Crippen LogP contribution in [0.5, 0.6) is 5.75 Å². The summed E-state index contributed by atoms with van der Waals surface area (Å²) >= 11 is 0. The van der Waals surface area contributed by atoms with Gasteiger partial charge < -0.3 is 20.5 Å². The first-order valence-corrected chi connectivity index (χ1v) is 7.10. The highest BCUT2D eigenvalue weighted by Crippen LogP contribution is 2.11. The molecule has 0 spiro atoms. The van der Waals surface area contributed by atoms with Crippen molar-refractivity contribution in [2.24, 2.45) is 0 Å². The Morgan fingerprint density at radius 2 is 2.05 bits per heavy atom. The Morgan fingerprint density at radius 3 is 2.67 bits per heavy atom. The number of rotatable bonds is 9. The molecule has 2 atom stereocenters. The van der Waals surface area contributed by atoms with Crippen LogP contribution in [0.3, 0.4) is 0 Å². The summed E-state index contributed by atoms with van der Waals surface area (Å²) in [6, 6.07) is 5.20. The van der Waals surface area contributed by atoms with E-state index in [-0.39, 0.29) is 30.9 Å². The zero-order valence-electron chi connectivity index (χ0n) is 12.4. The number of nitrogens with one attached hydrogen (secondary N) is 2. The third-order valence-electron chi connectivity index (χ3n) is 2.86. The molecule has 0 bridgehead atoms. The zero-order valence-corrected chi connectivity index (χ0v) is 12.4. The first-order valence-electron chi connectivity index (χ1n) is 7.10. The zero-order chi connectivity index (χ0) is 15.7. The van der Waals surface area contributed by atoms with Gasteiger partial charge in [-0.1, -0.05) is 6.92 Å². The van der Waals surface area contributed by atoms with E-state index in [1.165, 1.54) is 24.3 Å². The van der Waals surface area contributed by atoms with Crippen LogP contribution in [0, 0.1) is 5.82 Å². The van der Waals surface area contributed by atoms with Crippen LogP contribution in [0.15, 0.2) is 24.3 Å². The van der Waals surface area contributed by atoms with Crippen LogP contribution in [-0.4, -0.2) is 42.9 Å². The van der Waals surface area contributed by atoms with Crippen LogP contribution < -0.4 is 15.4 Å². The van der Waals surface area contributed by atoms with Gasteiger partial charge in [-0.05, 0) is 37.6 Å². The number of ether oxygens (including phenoxy) is 1. The summed E-state index contributed by atoms with van der Waals surface area (Å²) in [5.74, 6) is 0.0594. The highest BCUT2D eigenvalue weighted by Gasteiger charge is 2.13. The van der Waals surface area contributed by atoms with E-state index in [4.69, 9.17) is 4.74 Å². The van der Waals surface area contributed by atoms with E-state index in [9.17, 15) is 14.3 Å². The molecular weight excluding hydrogens is 275 g/mol. The number of hydrogen-bond donors (Lipinski definition) is 3. The average Bonchev–Trinajstić information content (AvgIpc) is 2.49. The fourth-order valence-electron chi connectivity index (χ4n) is 1.59. The van der Waals surface area contributed by atoms with Crippen molar-refractivity contribution in [3.05, 3.63) is 30.1 Å². The smallest absolute Gasteiger partial charge is 0.236 e. The molecule has 0 aromatic heterocycles. The van der Waals surface area contributed by atoms with Gasteiger partial charge in [0.25, 0.3) is 0 Å². The van der Waals surface area contributed by atoms with E-state index < -0.39 is 6.10 Å². The molecule has 1 amide bonds. The molecule has 1 aromatic carbocycles.